The third-order valence-corrected chi connectivity index (χ3v) is 8.77. The number of aromatic nitrogens is 4. The number of hydrogen-bond donors (Lipinski definition) is 0. The van der Waals surface area contributed by atoms with Crippen LogP contribution in [-0.2, 0) is 16.0 Å². The number of hydrogen-bond acceptors (Lipinski definition) is 7. The number of imidazole rings is 1. The molecule has 0 radical (unpaired) electrons. The third-order valence-electron chi connectivity index (χ3n) is 8.77. The van der Waals surface area contributed by atoms with Crippen LogP contribution in [0.5, 0.6) is 0 Å². The molecular weight excluding hydrogens is 528 g/mol. The maximum atomic E-state index is 14.1. The number of ether oxygens (including phenoxy) is 1. The summed E-state index contributed by atoms with van der Waals surface area (Å²) in [5, 5.41) is 0. The quantitative estimate of drug-likeness (QED) is 0.406. The van der Waals surface area contributed by atoms with E-state index in [-0.39, 0.29) is 11.7 Å². The standard InChI is InChI=1S/C30H39F2N7O2/c1-36-12-10-22(11-13-36)30(40)38-14-9-21(20-38)5-4-8-25-34-26(37-15-17-41-18-16-37)19-27(35-25)39-24-7-3-2-6-23(24)33-29(39)28(31)32/h2-3,6-7,19,21-22,28H,4-5,8-18,20H2,1H3. The van der Waals surface area contributed by atoms with Gasteiger partial charge in [0.15, 0.2) is 5.82 Å². The number of carbonyl (C=O) groups is 1. The molecule has 2 aromatic heterocycles. The van der Waals surface area contributed by atoms with Gasteiger partial charge in [-0.05, 0) is 70.3 Å². The summed E-state index contributed by atoms with van der Waals surface area (Å²) in [6.07, 6.45) is 2.69. The molecule has 0 saturated carbocycles. The van der Waals surface area contributed by atoms with Gasteiger partial charge in [-0.2, -0.15) is 0 Å². The topological polar surface area (TPSA) is 79.6 Å². The minimum atomic E-state index is -2.74. The number of alkyl halides is 2. The van der Waals surface area contributed by atoms with Crippen LogP contribution in [0, 0.1) is 11.8 Å². The number of amides is 1. The molecule has 0 N–H and O–H groups in total. The lowest BCUT2D eigenvalue weighted by atomic mass is 9.95. The van der Waals surface area contributed by atoms with E-state index >= 15 is 0 Å². The Kier molecular flexibility index (Phi) is 8.43. The molecule has 0 aliphatic carbocycles. The first-order valence-corrected chi connectivity index (χ1v) is 14.9. The molecule has 6 rings (SSSR count). The number of benzene rings is 1. The summed E-state index contributed by atoms with van der Waals surface area (Å²) in [4.78, 5) is 33.4. The van der Waals surface area contributed by atoms with Crippen molar-refractivity contribution in [3.63, 3.8) is 0 Å². The Labute approximate surface area is 239 Å². The number of para-hydroxylation sites is 2. The molecule has 3 fully saturated rings. The van der Waals surface area contributed by atoms with Gasteiger partial charge in [-0.3, -0.25) is 9.36 Å². The molecule has 3 aliphatic rings. The first kappa shape index (κ1) is 28.0. The van der Waals surface area contributed by atoms with E-state index < -0.39 is 6.43 Å². The monoisotopic (exact) mass is 567 g/mol. The zero-order chi connectivity index (χ0) is 28.3. The van der Waals surface area contributed by atoms with Crippen LogP contribution in [0.1, 0.15) is 50.2 Å². The van der Waals surface area contributed by atoms with Gasteiger partial charge in [0, 0.05) is 44.6 Å². The number of nitrogens with zero attached hydrogens (tertiary/aromatic N) is 7. The Bertz CT molecular complexity index is 1350. The second-order valence-electron chi connectivity index (χ2n) is 11.6. The molecule has 9 nitrogen and oxygen atoms in total. The molecule has 1 amide bonds. The van der Waals surface area contributed by atoms with Crippen LogP contribution < -0.4 is 4.90 Å². The zero-order valence-electron chi connectivity index (χ0n) is 23.7. The van der Waals surface area contributed by atoms with Crippen molar-refractivity contribution < 1.29 is 18.3 Å². The molecule has 41 heavy (non-hydrogen) atoms. The van der Waals surface area contributed by atoms with Gasteiger partial charge in [0.2, 0.25) is 5.91 Å². The Morgan fingerprint density at radius 2 is 1.76 bits per heavy atom. The smallest absolute Gasteiger partial charge is 0.296 e. The Morgan fingerprint density at radius 1 is 1.00 bits per heavy atom. The van der Waals surface area contributed by atoms with Gasteiger partial charge < -0.3 is 19.4 Å². The normalized spacial score (nSPS) is 20.9. The lowest BCUT2D eigenvalue weighted by molar-refractivity contribution is -0.136. The highest BCUT2D eigenvalue weighted by Gasteiger charge is 2.32. The number of morpholine rings is 1. The summed E-state index contributed by atoms with van der Waals surface area (Å²) in [7, 11) is 2.12. The fourth-order valence-electron chi connectivity index (χ4n) is 6.41. The van der Waals surface area contributed by atoms with Crippen molar-refractivity contribution in [1.29, 1.82) is 0 Å². The van der Waals surface area contributed by atoms with Crippen LogP contribution in [0.15, 0.2) is 30.3 Å². The minimum absolute atomic E-state index is 0.164. The van der Waals surface area contributed by atoms with Crippen LogP contribution in [0.25, 0.3) is 16.9 Å². The number of carbonyl (C=O) groups excluding carboxylic acids is 1. The van der Waals surface area contributed by atoms with Gasteiger partial charge in [0.25, 0.3) is 6.43 Å². The van der Waals surface area contributed by atoms with Gasteiger partial charge in [-0.25, -0.2) is 23.7 Å². The highest BCUT2D eigenvalue weighted by Crippen LogP contribution is 2.30. The summed E-state index contributed by atoms with van der Waals surface area (Å²) >= 11 is 0. The molecule has 0 spiro atoms. The predicted octanol–water partition coefficient (Wildman–Crippen LogP) is 4.10. The lowest BCUT2D eigenvalue weighted by Crippen LogP contribution is -2.40. The highest BCUT2D eigenvalue weighted by molar-refractivity contribution is 5.79. The van der Waals surface area contributed by atoms with Crippen LogP contribution >= 0.6 is 0 Å². The average Bonchev–Trinajstić information content (AvgIpc) is 3.63. The van der Waals surface area contributed by atoms with Crippen molar-refractivity contribution in [2.24, 2.45) is 11.8 Å². The van der Waals surface area contributed by atoms with Crippen LogP contribution in [0.4, 0.5) is 14.6 Å². The number of likely N-dealkylation sites (tertiary alicyclic amines) is 2. The maximum absolute atomic E-state index is 14.1. The van der Waals surface area contributed by atoms with Crippen molar-refractivity contribution in [3.8, 4) is 5.82 Å². The lowest BCUT2D eigenvalue weighted by Gasteiger charge is -2.30. The number of piperidine rings is 1. The van der Waals surface area contributed by atoms with E-state index in [0.29, 0.717) is 67.2 Å². The van der Waals surface area contributed by atoms with Gasteiger partial charge in [-0.1, -0.05) is 12.1 Å². The number of fused-ring (bicyclic) bond motifs is 1. The summed E-state index contributed by atoms with van der Waals surface area (Å²) in [6.45, 7) is 6.21. The van der Waals surface area contributed by atoms with E-state index in [1.165, 1.54) is 4.57 Å². The van der Waals surface area contributed by atoms with Gasteiger partial charge in [-0.15, -0.1) is 0 Å². The molecule has 3 aliphatic heterocycles. The van der Waals surface area contributed by atoms with E-state index in [0.717, 1.165) is 64.1 Å². The Balaban J connectivity index is 1.17. The van der Waals surface area contributed by atoms with Gasteiger partial charge in [0.05, 0.1) is 24.2 Å². The summed E-state index contributed by atoms with van der Waals surface area (Å²) in [6, 6.07) is 8.94. The first-order valence-electron chi connectivity index (χ1n) is 14.9. The Morgan fingerprint density at radius 3 is 2.54 bits per heavy atom. The van der Waals surface area contributed by atoms with Crippen LogP contribution in [0.2, 0.25) is 0 Å². The number of rotatable bonds is 8. The van der Waals surface area contributed by atoms with Crippen molar-refractivity contribution in [2.45, 2.75) is 45.0 Å². The molecule has 5 heterocycles. The molecule has 1 aromatic carbocycles. The minimum Gasteiger partial charge on any atom is -0.378 e. The SMILES string of the molecule is CN1CCC(C(=O)N2CCC(CCCc3nc(N4CCOCC4)cc(-n4c(C(F)F)nc5ccccc54)n3)C2)CC1. The van der Waals surface area contributed by atoms with Crippen molar-refractivity contribution in [3.05, 3.63) is 42.0 Å². The van der Waals surface area contributed by atoms with Crippen molar-refractivity contribution in [2.75, 3.05) is 64.4 Å². The maximum Gasteiger partial charge on any atom is 0.296 e. The van der Waals surface area contributed by atoms with E-state index in [2.05, 4.69) is 26.7 Å². The summed E-state index contributed by atoms with van der Waals surface area (Å²) in [5.74, 6) is 2.42. The molecule has 11 heteroatoms. The molecule has 1 atom stereocenters. The highest BCUT2D eigenvalue weighted by atomic mass is 19.3. The zero-order valence-corrected chi connectivity index (χ0v) is 23.7. The predicted molar refractivity (Wildman–Crippen MR) is 152 cm³/mol. The third kappa shape index (κ3) is 6.21. The average molecular weight is 568 g/mol. The second-order valence-corrected chi connectivity index (χ2v) is 11.6. The Hall–Kier alpha value is -3.18. The molecule has 3 aromatic rings. The van der Waals surface area contributed by atoms with E-state index in [1.54, 1.807) is 24.3 Å². The molecule has 0 bridgehead atoms. The molecule has 1 unspecified atom stereocenters. The van der Waals surface area contributed by atoms with Crippen molar-refractivity contribution in [1.82, 2.24) is 29.3 Å². The molecular formula is C30H39F2N7O2. The fraction of sp³-hybridized carbons (Fsp3) is 0.600. The van der Waals surface area contributed by atoms with Crippen LogP contribution in [-0.4, -0.2) is 94.8 Å². The second kappa shape index (κ2) is 12.4. The van der Waals surface area contributed by atoms with E-state index in [4.69, 9.17) is 14.7 Å². The van der Waals surface area contributed by atoms with E-state index in [1.807, 2.05) is 6.07 Å². The van der Waals surface area contributed by atoms with Crippen molar-refractivity contribution >= 4 is 22.8 Å². The van der Waals surface area contributed by atoms with Gasteiger partial charge >= 0.3 is 0 Å². The number of aryl methyl sites for hydroxylation is 1. The van der Waals surface area contributed by atoms with E-state index in [9.17, 15) is 13.6 Å². The van der Waals surface area contributed by atoms with Crippen LogP contribution in [0.3, 0.4) is 0 Å². The number of anilines is 1. The van der Waals surface area contributed by atoms with Gasteiger partial charge in [0.1, 0.15) is 17.5 Å². The molecule has 3 saturated heterocycles. The number of halogens is 2. The first-order chi connectivity index (χ1) is 20.0. The largest absolute Gasteiger partial charge is 0.378 e. The molecule has 220 valence electrons. The fourth-order valence-corrected chi connectivity index (χ4v) is 6.41. The summed E-state index contributed by atoms with van der Waals surface area (Å²) in [5.41, 5.74) is 1.11. The summed E-state index contributed by atoms with van der Waals surface area (Å²) < 4.78 is 35.2.